The van der Waals surface area contributed by atoms with E-state index in [4.69, 9.17) is 5.11 Å². The third-order valence-corrected chi connectivity index (χ3v) is 2.92. The summed E-state index contributed by atoms with van der Waals surface area (Å²) in [4.78, 5) is 22.0. The van der Waals surface area contributed by atoms with Crippen molar-refractivity contribution in [1.29, 1.82) is 0 Å². The molecule has 0 aliphatic heterocycles. The maximum Gasteiger partial charge on any atom is 0.315 e. The minimum absolute atomic E-state index is 0.115. The number of benzene rings is 1. The van der Waals surface area contributed by atoms with Gasteiger partial charge in [-0.2, -0.15) is 0 Å². The van der Waals surface area contributed by atoms with Crippen LogP contribution in [0.25, 0.3) is 0 Å². The Morgan fingerprint density at radius 2 is 2.00 bits per heavy atom. The molecular weight excluding hydrogens is 263 g/mol. The van der Waals surface area contributed by atoms with E-state index in [1.54, 1.807) is 25.1 Å². The fourth-order valence-corrected chi connectivity index (χ4v) is 1.61. The first-order valence-electron chi connectivity index (χ1n) is 6.48. The van der Waals surface area contributed by atoms with Gasteiger partial charge in [-0.05, 0) is 18.9 Å². The fourth-order valence-electron chi connectivity index (χ4n) is 1.61. The molecule has 3 N–H and O–H groups in total. The highest BCUT2D eigenvalue weighted by molar-refractivity contribution is 5.73. The average molecular weight is 282 g/mol. The topological polar surface area (TPSA) is 78.4 Å². The van der Waals surface area contributed by atoms with Crippen LogP contribution in [0.5, 0.6) is 0 Å². The maximum atomic E-state index is 13.3. The van der Waals surface area contributed by atoms with E-state index in [-0.39, 0.29) is 12.4 Å². The zero-order chi connectivity index (χ0) is 15.0. The normalized spacial score (nSPS) is 11.7. The van der Waals surface area contributed by atoms with Crippen molar-refractivity contribution in [2.24, 2.45) is 5.92 Å². The first kappa shape index (κ1) is 15.9. The highest BCUT2D eigenvalue weighted by Crippen LogP contribution is 2.05. The lowest BCUT2D eigenvalue weighted by Crippen LogP contribution is -2.35. The summed E-state index contributed by atoms with van der Waals surface area (Å²) in [6.45, 7) is 2.13. The Morgan fingerprint density at radius 3 is 2.65 bits per heavy atom. The van der Waals surface area contributed by atoms with E-state index in [9.17, 15) is 14.0 Å². The Labute approximate surface area is 117 Å². The number of nitrogens with one attached hydrogen (secondary N) is 2. The van der Waals surface area contributed by atoms with E-state index in [1.807, 2.05) is 0 Å². The van der Waals surface area contributed by atoms with Gasteiger partial charge in [0.25, 0.3) is 0 Å². The van der Waals surface area contributed by atoms with Gasteiger partial charge in [0.2, 0.25) is 0 Å². The van der Waals surface area contributed by atoms with E-state index in [1.165, 1.54) is 6.07 Å². The van der Waals surface area contributed by atoms with Crippen LogP contribution in [-0.2, 0) is 11.3 Å². The molecule has 1 atom stereocenters. The van der Waals surface area contributed by atoms with Crippen LogP contribution in [0.3, 0.4) is 0 Å². The summed E-state index contributed by atoms with van der Waals surface area (Å²) in [6, 6.07) is 5.83. The number of carboxylic acid groups (broad SMARTS) is 1. The number of carboxylic acids is 1. The number of hydrogen-bond acceptors (Lipinski definition) is 2. The van der Waals surface area contributed by atoms with Crippen LogP contribution in [0.4, 0.5) is 9.18 Å². The number of urea groups is 1. The molecule has 20 heavy (non-hydrogen) atoms. The van der Waals surface area contributed by atoms with Crippen molar-refractivity contribution in [3.8, 4) is 0 Å². The molecule has 1 aromatic carbocycles. The van der Waals surface area contributed by atoms with Crippen molar-refractivity contribution in [2.45, 2.75) is 26.3 Å². The van der Waals surface area contributed by atoms with Crippen molar-refractivity contribution in [3.63, 3.8) is 0 Å². The molecule has 110 valence electrons. The maximum absolute atomic E-state index is 13.3. The Morgan fingerprint density at radius 1 is 1.30 bits per heavy atom. The summed E-state index contributed by atoms with van der Waals surface area (Å²) in [6.07, 6.45) is 1.09. The number of halogens is 1. The number of carbonyl (C=O) groups excluding carboxylic acids is 1. The smallest absolute Gasteiger partial charge is 0.315 e. The number of carbonyl (C=O) groups is 2. The first-order valence-corrected chi connectivity index (χ1v) is 6.48. The standard InChI is InChI=1S/C14H19FN2O3/c1-10(13(18)19)5-4-8-16-14(20)17-9-11-6-2-3-7-12(11)15/h2-3,6-7,10H,4-5,8-9H2,1H3,(H,18,19)(H2,16,17,20). The van der Waals surface area contributed by atoms with E-state index >= 15 is 0 Å². The van der Waals surface area contributed by atoms with Crippen molar-refractivity contribution in [1.82, 2.24) is 10.6 Å². The van der Waals surface area contributed by atoms with Crippen LogP contribution in [0.1, 0.15) is 25.3 Å². The van der Waals surface area contributed by atoms with Crippen molar-refractivity contribution < 1.29 is 19.1 Å². The lowest BCUT2D eigenvalue weighted by molar-refractivity contribution is -0.141. The zero-order valence-corrected chi connectivity index (χ0v) is 11.4. The van der Waals surface area contributed by atoms with Crippen LogP contribution >= 0.6 is 0 Å². The van der Waals surface area contributed by atoms with Crippen LogP contribution in [-0.4, -0.2) is 23.7 Å². The Balaban J connectivity index is 2.18. The molecule has 0 spiro atoms. The zero-order valence-electron chi connectivity index (χ0n) is 11.4. The molecule has 0 saturated heterocycles. The quantitative estimate of drug-likeness (QED) is 0.670. The van der Waals surface area contributed by atoms with E-state index in [0.717, 1.165) is 0 Å². The van der Waals surface area contributed by atoms with Crippen LogP contribution in [0.2, 0.25) is 0 Å². The monoisotopic (exact) mass is 282 g/mol. The summed E-state index contributed by atoms with van der Waals surface area (Å²) in [5, 5.41) is 13.8. The van der Waals surface area contributed by atoms with E-state index in [2.05, 4.69) is 10.6 Å². The minimum atomic E-state index is -0.839. The number of hydrogen-bond donors (Lipinski definition) is 3. The third kappa shape index (κ3) is 5.69. The SMILES string of the molecule is CC(CCCNC(=O)NCc1ccccc1F)C(=O)O. The Bertz CT molecular complexity index is 465. The van der Waals surface area contributed by atoms with Gasteiger partial charge in [0.1, 0.15) is 5.82 Å². The van der Waals surface area contributed by atoms with Gasteiger partial charge >= 0.3 is 12.0 Å². The molecule has 1 rings (SSSR count). The molecule has 2 amide bonds. The summed E-state index contributed by atoms with van der Waals surface area (Å²) in [5.41, 5.74) is 0.419. The van der Waals surface area contributed by atoms with Gasteiger partial charge in [0.15, 0.2) is 0 Å². The van der Waals surface area contributed by atoms with Gasteiger partial charge in [0, 0.05) is 18.7 Å². The highest BCUT2D eigenvalue weighted by Gasteiger charge is 2.10. The Hall–Kier alpha value is -2.11. The molecule has 6 heteroatoms. The molecule has 0 aliphatic rings. The van der Waals surface area contributed by atoms with Gasteiger partial charge in [0.05, 0.1) is 5.92 Å². The average Bonchev–Trinajstić information content (AvgIpc) is 2.42. The second-order valence-electron chi connectivity index (χ2n) is 4.58. The highest BCUT2D eigenvalue weighted by atomic mass is 19.1. The molecule has 0 aliphatic carbocycles. The van der Waals surface area contributed by atoms with Crippen molar-refractivity contribution >= 4 is 12.0 Å². The van der Waals surface area contributed by atoms with Crippen LogP contribution in [0.15, 0.2) is 24.3 Å². The molecular formula is C14H19FN2O3. The Kier molecular flexibility index (Phi) is 6.49. The van der Waals surface area contributed by atoms with Gasteiger partial charge < -0.3 is 15.7 Å². The number of amides is 2. The lowest BCUT2D eigenvalue weighted by atomic mass is 10.1. The molecule has 1 unspecified atom stereocenters. The van der Waals surface area contributed by atoms with E-state index in [0.29, 0.717) is 24.9 Å². The number of aliphatic carboxylic acids is 1. The van der Waals surface area contributed by atoms with Crippen molar-refractivity contribution in [2.75, 3.05) is 6.54 Å². The molecule has 5 nitrogen and oxygen atoms in total. The van der Waals surface area contributed by atoms with Gasteiger partial charge in [-0.15, -0.1) is 0 Å². The predicted octanol–water partition coefficient (Wildman–Crippen LogP) is 2.13. The summed E-state index contributed by atoms with van der Waals surface area (Å²) in [7, 11) is 0. The predicted molar refractivity (Wildman–Crippen MR) is 72.7 cm³/mol. The molecule has 0 saturated carbocycles. The summed E-state index contributed by atoms with van der Waals surface area (Å²) >= 11 is 0. The second kappa shape index (κ2) is 8.14. The van der Waals surface area contributed by atoms with Gasteiger partial charge in [-0.3, -0.25) is 4.79 Å². The van der Waals surface area contributed by atoms with Crippen LogP contribution in [0, 0.1) is 11.7 Å². The largest absolute Gasteiger partial charge is 0.481 e. The summed E-state index contributed by atoms with van der Waals surface area (Å²) in [5.74, 6) is -1.62. The molecule has 0 aromatic heterocycles. The minimum Gasteiger partial charge on any atom is -0.481 e. The first-order chi connectivity index (χ1) is 9.50. The summed E-state index contributed by atoms with van der Waals surface area (Å²) < 4.78 is 13.3. The van der Waals surface area contributed by atoms with Crippen molar-refractivity contribution in [3.05, 3.63) is 35.6 Å². The second-order valence-corrected chi connectivity index (χ2v) is 4.58. The van der Waals surface area contributed by atoms with E-state index < -0.39 is 17.9 Å². The molecule has 1 aromatic rings. The molecule has 0 bridgehead atoms. The van der Waals surface area contributed by atoms with Gasteiger partial charge in [-0.25, -0.2) is 9.18 Å². The van der Waals surface area contributed by atoms with Gasteiger partial charge in [-0.1, -0.05) is 25.1 Å². The molecule has 0 fully saturated rings. The molecule has 0 radical (unpaired) electrons. The number of rotatable bonds is 7. The van der Waals surface area contributed by atoms with Crippen LogP contribution < -0.4 is 10.6 Å². The molecule has 0 heterocycles. The lowest BCUT2D eigenvalue weighted by Gasteiger charge is -2.09. The third-order valence-electron chi connectivity index (χ3n) is 2.92. The fraction of sp³-hybridized carbons (Fsp3) is 0.429.